The Balaban J connectivity index is 0.00000441. The maximum atomic E-state index is 13.7. The first kappa shape index (κ1) is 31.3. The van der Waals surface area contributed by atoms with Crippen LogP contribution in [0.2, 0.25) is 0 Å². The fourth-order valence-corrected chi connectivity index (χ4v) is 8.90. The van der Waals surface area contributed by atoms with Crippen LogP contribution >= 0.6 is 7.26 Å². The molecular formula is C33H35INO4P. The molecule has 4 aromatic rings. The number of esters is 1. The van der Waals surface area contributed by atoms with Crippen LogP contribution in [0.25, 0.3) is 0 Å². The molecule has 0 aliphatic heterocycles. The summed E-state index contributed by atoms with van der Waals surface area (Å²) in [6, 6.07) is 39.2. The van der Waals surface area contributed by atoms with Crippen molar-refractivity contribution in [3.8, 4) is 0 Å². The molecule has 1 amide bonds. The minimum atomic E-state index is -2.44. The van der Waals surface area contributed by atoms with Gasteiger partial charge in [0.25, 0.3) is 0 Å². The third-order valence-electron chi connectivity index (χ3n) is 6.25. The Morgan fingerprint density at radius 2 is 1.10 bits per heavy atom. The van der Waals surface area contributed by atoms with Gasteiger partial charge < -0.3 is 38.8 Å². The number of ether oxygens (including phenoxy) is 2. The van der Waals surface area contributed by atoms with Crippen molar-refractivity contribution in [2.45, 2.75) is 39.0 Å². The van der Waals surface area contributed by atoms with Crippen LogP contribution in [0.3, 0.4) is 0 Å². The molecule has 0 radical (unpaired) electrons. The summed E-state index contributed by atoms with van der Waals surface area (Å²) in [6.07, 6.45) is -0.325. The zero-order chi connectivity index (χ0) is 27.7. The molecule has 4 aromatic carbocycles. The number of carbonyl (C=O) groups is 2. The van der Waals surface area contributed by atoms with E-state index in [-0.39, 0.29) is 30.6 Å². The Morgan fingerprint density at radius 3 is 1.50 bits per heavy atom. The van der Waals surface area contributed by atoms with Gasteiger partial charge in [0.05, 0.1) is 0 Å². The van der Waals surface area contributed by atoms with Crippen LogP contribution in [-0.2, 0) is 20.9 Å². The second-order valence-corrected chi connectivity index (χ2v) is 13.8. The number of alkyl carbamates (subject to hydrolysis) is 1. The van der Waals surface area contributed by atoms with Gasteiger partial charge in [0.15, 0.2) is 6.04 Å². The van der Waals surface area contributed by atoms with E-state index in [1.165, 1.54) is 0 Å². The number of benzene rings is 4. The summed E-state index contributed by atoms with van der Waals surface area (Å²) in [6.45, 7) is 5.50. The largest absolute Gasteiger partial charge is 1.00 e. The SMILES string of the molecule is CC(C)(C)OC(=O)N[C@@H](C[P+](c1ccccc1)(c1ccccc1)c1ccccc1)C(=O)OCc1ccccc1.[I-]. The zero-order valence-corrected chi connectivity index (χ0v) is 26.0. The monoisotopic (exact) mass is 667 g/mol. The van der Waals surface area contributed by atoms with Gasteiger partial charge in [-0.2, -0.15) is 0 Å². The van der Waals surface area contributed by atoms with Gasteiger partial charge in [0.1, 0.15) is 41.5 Å². The molecule has 0 unspecified atom stereocenters. The first-order valence-electron chi connectivity index (χ1n) is 13.0. The Labute approximate surface area is 254 Å². The third kappa shape index (κ3) is 8.15. The van der Waals surface area contributed by atoms with Gasteiger partial charge in [0.2, 0.25) is 0 Å². The fraction of sp³-hybridized carbons (Fsp3) is 0.212. The zero-order valence-electron chi connectivity index (χ0n) is 23.0. The standard InChI is InChI=1S/C33H34NO4P.HI/c1-33(2,3)38-32(36)34-30(31(35)37-24-26-16-8-4-9-17-26)25-39(27-18-10-5-11-19-27,28-20-12-6-13-21-28)29-22-14-7-15-23-29;/h4-23,30H,24-25H2,1-3H3;1H/t30-;/m0./s1. The molecule has 4 rings (SSSR count). The molecule has 1 N–H and O–H groups in total. The van der Waals surface area contributed by atoms with Crippen LogP contribution in [0.5, 0.6) is 0 Å². The lowest BCUT2D eigenvalue weighted by Crippen LogP contribution is -3.00. The normalized spacial score (nSPS) is 12.0. The van der Waals surface area contributed by atoms with Crippen molar-refractivity contribution in [3.05, 3.63) is 127 Å². The topological polar surface area (TPSA) is 64.6 Å². The van der Waals surface area contributed by atoms with E-state index in [9.17, 15) is 9.59 Å². The van der Waals surface area contributed by atoms with Crippen LogP contribution in [0.1, 0.15) is 26.3 Å². The predicted molar refractivity (Wildman–Crippen MR) is 159 cm³/mol. The first-order chi connectivity index (χ1) is 18.8. The molecule has 0 fully saturated rings. The van der Waals surface area contributed by atoms with Crippen LogP contribution in [-0.4, -0.2) is 29.9 Å². The number of rotatable bonds is 9. The smallest absolute Gasteiger partial charge is 0.408 e. The predicted octanol–water partition coefficient (Wildman–Crippen LogP) is 2.62. The Kier molecular flexibility index (Phi) is 11.3. The first-order valence-corrected chi connectivity index (χ1v) is 15.0. The van der Waals surface area contributed by atoms with E-state index in [1.54, 1.807) is 20.8 Å². The molecule has 0 aliphatic carbocycles. The summed E-state index contributed by atoms with van der Waals surface area (Å²) < 4.78 is 11.4. The molecule has 0 bridgehead atoms. The van der Waals surface area contributed by atoms with Crippen molar-refractivity contribution in [1.29, 1.82) is 0 Å². The van der Waals surface area contributed by atoms with Crippen molar-refractivity contribution < 1.29 is 43.0 Å². The molecule has 0 aromatic heterocycles. The lowest BCUT2D eigenvalue weighted by Gasteiger charge is -2.31. The van der Waals surface area contributed by atoms with Crippen molar-refractivity contribution in [2.24, 2.45) is 0 Å². The van der Waals surface area contributed by atoms with Crippen LogP contribution in [0.15, 0.2) is 121 Å². The summed E-state index contributed by atoms with van der Waals surface area (Å²) in [4.78, 5) is 26.7. The third-order valence-corrected chi connectivity index (χ3v) is 10.7. The van der Waals surface area contributed by atoms with Gasteiger partial charge in [-0.05, 0) is 62.7 Å². The van der Waals surface area contributed by atoms with Gasteiger partial charge in [-0.25, -0.2) is 9.59 Å². The fourth-order valence-electron chi connectivity index (χ4n) is 4.54. The van der Waals surface area contributed by atoms with E-state index in [4.69, 9.17) is 9.47 Å². The molecule has 1 atom stereocenters. The number of halogens is 1. The summed E-state index contributed by atoms with van der Waals surface area (Å²) in [5.41, 5.74) is 0.157. The molecule has 40 heavy (non-hydrogen) atoms. The van der Waals surface area contributed by atoms with Gasteiger partial charge in [-0.3, -0.25) is 0 Å². The number of hydrogen-bond acceptors (Lipinski definition) is 4. The van der Waals surface area contributed by atoms with E-state index < -0.39 is 31.0 Å². The minimum absolute atomic E-state index is 0. The second kappa shape index (κ2) is 14.4. The number of nitrogens with one attached hydrogen (secondary N) is 1. The van der Waals surface area contributed by atoms with E-state index in [2.05, 4.69) is 41.7 Å². The Hall–Kier alpha value is -3.22. The van der Waals surface area contributed by atoms with Crippen molar-refractivity contribution >= 4 is 35.2 Å². The molecule has 5 nitrogen and oxygen atoms in total. The van der Waals surface area contributed by atoms with E-state index in [1.807, 2.05) is 84.9 Å². The molecule has 7 heteroatoms. The molecule has 0 aliphatic rings. The molecule has 0 saturated carbocycles. The van der Waals surface area contributed by atoms with Crippen molar-refractivity contribution in [1.82, 2.24) is 5.32 Å². The molecule has 0 spiro atoms. The average Bonchev–Trinajstić information content (AvgIpc) is 2.95. The van der Waals surface area contributed by atoms with E-state index in [0.717, 1.165) is 21.5 Å². The maximum absolute atomic E-state index is 13.7. The quantitative estimate of drug-likeness (QED) is 0.170. The lowest BCUT2D eigenvalue weighted by molar-refractivity contribution is -0.146. The van der Waals surface area contributed by atoms with E-state index >= 15 is 0 Å². The average molecular weight is 668 g/mol. The van der Waals surface area contributed by atoms with Crippen molar-refractivity contribution in [3.63, 3.8) is 0 Å². The minimum Gasteiger partial charge on any atom is -1.00 e. The van der Waals surface area contributed by atoms with Crippen LogP contribution in [0.4, 0.5) is 4.79 Å². The number of hydrogen-bond donors (Lipinski definition) is 1. The van der Waals surface area contributed by atoms with E-state index in [0.29, 0.717) is 6.16 Å². The summed E-state index contributed by atoms with van der Waals surface area (Å²) in [7, 11) is -2.44. The lowest BCUT2D eigenvalue weighted by atomic mass is 10.2. The molecule has 0 saturated heterocycles. The summed E-state index contributed by atoms with van der Waals surface area (Å²) >= 11 is 0. The summed E-state index contributed by atoms with van der Waals surface area (Å²) in [5, 5.41) is 6.18. The molecule has 0 heterocycles. The van der Waals surface area contributed by atoms with Crippen molar-refractivity contribution in [2.75, 3.05) is 6.16 Å². The van der Waals surface area contributed by atoms with Crippen LogP contribution in [0, 0.1) is 0 Å². The number of carbonyl (C=O) groups excluding carboxylic acids is 2. The highest BCUT2D eigenvalue weighted by Crippen LogP contribution is 2.55. The van der Waals surface area contributed by atoms with Gasteiger partial charge in [0, 0.05) is 0 Å². The van der Waals surface area contributed by atoms with Gasteiger partial charge in [-0.15, -0.1) is 0 Å². The molecule has 208 valence electrons. The number of amides is 1. The van der Waals surface area contributed by atoms with Gasteiger partial charge >= 0.3 is 12.1 Å². The highest BCUT2D eigenvalue weighted by Gasteiger charge is 2.49. The maximum Gasteiger partial charge on any atom is 0.408 e. The Bertz CT molecular complexity index is 1250. The summed E-state index contributed by atoms with van der Waals surface area (Å²) in [5.74, 6) is -0.503. The molecular weight excluding hydrogens is 632 g/mol. The van der Waals surface area contributed by atoms with Crippen LogP contribution < -0.4 is 45.2 Å². The highest BCUT2D eigenvalue weighted by molar-refractivity contribution is 7.95. The highest BCUT2D eigenvalue weighted by atomic mass is 127. The second-order valence-electron chi connectivity index (χ2n) is 10.3. The Morgan fingerprint density at radius 1 is 0.700 bits per heavy atom. The van der Waals surface area contributed by atoms with Gasteiger partial charge in [-0.1, -0.05) is 84.9 Å².